The number of benzene rings is 1. The lowest BCUT2D eigenvalue weighted by Gasteiger charge is -2.10. The van der Waals surface area contributed by atoms with E-state index in [1.165, 1.54) is 0 Å². The van der Waals surface area contributed by atoms with Crippen LogP contribution in [0.5, 0.6) is 0 Å². The van der Waals surface area contributed by atoms with Gasteiger partial charge in [-0.15, -0.1) is 0 Å². The van der Waals surface area contributed by atoms with Crippen molar-refractivity contribution in [2.45, 2.75) is 6.54 Å². The number of anilines is 1. The summed E-state index contributed by atoms with van der Waals surface area (Å²) in [7, 11) is 0. The van der Waals surface area contributed by atoms with E-state index >= 15 is 0 Å². The van der Waals surface area contributed by atoms with E-state index < -0.39 is 5.97 Å². The number of rotatable bonds is 4. The van der Waals surface area contributed by atoms with E-state index in [0.29, 0.717) is 16.7 Å². The number of aromatic carboxylic acids is 1. The lowest BCUT2D eigenvalue weighted by atomic mass is 10.2. The molecule has 1 aromatic carbocycles. The molecule has 0 bridgehead atoms. The van der Waals surface area contributed by atoms with E-state index in [-0.39, 0.29) is 5.56 Å². The fourth-order valence-electron chi connectivity index (χ4n) is 1.50. The summed E-state index contributed by atoms with van der Waals surface area (Å²) in [5, 5.41) is 19.9. The van der Waals surface area contributed by atoms with Gasteiger partial charge in [-0.25, -0.2) is 4.79 Å². The van der Waals surface area contributed by atoms with E-state index in [1.54, 1.807) is 30.5 Å². The van der Waals surface area contributed by atoms with Crippen LogP contribution in [0.1, 0.15) is 16.1 Å². The Hall–Kier alpha value is -1.95. The summed E-state index contributed by atoms with van der Waals surface area (Å²) in [6.45, 7) is 0.421. The van der Waals surface area contributed by atoms with Crippen molar-refractivity contribution in [1.82, 2.24) is 10.2 Å². The quantitative estimate of drug-likeness (QED) is 0.908. The van der Waals surface area contributed by atoms with Crippen LogP contribution in [0.2, 0.25) is 0 Å². The van der Waals surface area contributed by atoms with Gasteiger partial charge in [-0.05, 0) is 40.2 Å². The van der Waals surface area contributed by atoms with Crippen molar-refractivity contribution in [1.29, 1.82) is 0 Å². The molecule has 6 heteroatoms. The van der Waals surface area contributed by atoms with E-state index in [0.717, 1.165) is 5.69 Å². The van der Waals surface area contributed by atoms with Gasteiger partial charge in [0.1, 0.15) is 0 Å². The van der Waals surface area contributed by atoms with Crippen LogP contribution < -0.4 is 5.32 Å². The van der Waals surface area contributed by atoms with E-state index in [4.69, 9.17) is 5.11 Å². The van der Waals surface area contributed by atoms with Gasteiger partial charge in [-0.1, -0.05) is 6.07 Å². The molecule has 0 amide bonds. The zero-order chi connectivity index (χ0) is 13.0. The highest BCUT2D eigenvalue weighted by molar-refractivity contribution is 9.10. The van der Waals surface area contributed by atoms with Gasteiger partial charge in [0, 0.05) is 10.7 Å². The summed E-state index contributed by atoms with van der Waals surface area (Å²) in [5.41, 5.74) is 1.50. The minimum absolute atomic E-state index is 0.210. The standard InChI is InChI=1S/C12H10BrN3O2/c13-9-4-1-5-10(11(9)12(17)18)14-7-8-3-2-6-15-16-8/h1-6,14H,7H2,(H,17,18). The van der Waals surface area contributed by atoms with Crippen molar-refractivity contribution in [2.75, 3.05) is 5.32 Å². The van der Waals surface area contributed by atoms with Crippen LogP contribution in [0, 0.1) is 0 Å². The van der Waals surface area contributed by atoms with Crippen LogP contribution in [-0.4, -0.2) is 21.3 Å². The van der Waals surface area contributed by atoms with Gasteiger partial charge in [-0.2, -0.15) is 10.2 Å². The Morgan fingerprint density at radius 3 is 2.83 bits per heavy atom. The van der Waals surface area contributed by atoms with Crippen molar-refractivity contribution in [3.63, 3.8) is 0 Å². The van der Waals surface area contributed by atoms with Crippen molar-refractivity contribution in [3.05, 3.63) is 52.3 Å². The van der Waals surface area contributed by atoms with Crippen molar-refractivity contribution < 1.29 is 9.90 Å². The number of halogens is 1. The molecule has 1 aromatic heterocycles. The van der Waals surface area contributed by atoms with Gasteiger partial charge in [0.05, 0.1) is 23.5 Å². The number of hydrogen-bond donors (Lipinski definition) is 2. The zero-order valence-electron chi connectivity index (χ0n) is 9.30. The molecule has 5 nitrogen and oxygen atoms in total. The molecule has 1 heterocycles. The first-order chi connectivity index (χ1) is 8.68. The monoisotopic (exact) mass is 307 g/mol. The molecule has 92 valence electrons. The summed E-state index contributed by atoms with van der Waals surface area (Å²) >= 11 is 3.23. The highest BCUT2D eigenvalue weighted by Crippen LogP contribution is 2.25. The van der Waals surface area contributed by atoms with Crippen LogP contribution in [-0.2, 0) is 6.54 Å². The average molecular weight is 308 g/mol. The summed E-state index contributed by atoms with van der Waals surface area (Å²) in [5.74, 6) is -0.982. The largest absolute Gasteiger partial charge is 0.478 e. The molecule has 2 aromatic rings. The maximum Gasteiger partial charge on any atom is 0.338 e. The second-order valence-corrected chi connectivity index (χ2v) is 4.39. The van der Waals surface area contributed by atoms with Crippen LogP contribution in [0.3, 0.4) is 0 Å². The molecule has 0 fully saturated rings. The zero-order valence-corrected chi connectivity index (χ0v) is 10.9. The number of hydrogen-bond acceptors (Lipinski definition) is 4. The number of carboxylic acids is 1. The highest BCUT2D eigenvalue weighted by atomic mass is 79.9. The van der Waals surface area contributed by atoms with Crippen LogP contribution >= 0.6 is 15.9 Å². The molecule has 0 aliphatic heterocycles. The van der Waals surface area contributed by atoms with Gasteiger partial charge in [-0.3, -0.25) is 0 Å². The Balaban J connectivity index is 2.20. The Kier molecular flexibility index (Phi) is 3.88. The number of nitrogens with zero attached hydrogens (tertiary/aromatic N) is 2. The molecule has 18 heavy (non-hydrogen) atoms. The van der Waals surface area contributed by atoms with Crippen molar-refractivity contribution >= 4 is 27.6 Å². The molecule has 0 atom stereocenters. The highest BCUT2D eigenvalue weighted by Gasteiger charge is 2.13. The van der Waals surface area contributed by atoms with Crippen LogP contribution in [0.25, 0.3) is 0 Å². The number of carboxylic acid groups (broad SMARTS) is 1. The van der Waals surface area contributed by atoms with E-state index in [2.05, 4.69) is 31.4 Å². The third kappa shape index (κ3) is 2.84. The van der Waals surface area contributed by atoms with E-state index in [9.17, 15) is 4.79 Å². The van der Waals surface area contributed by atoms with Gasteiger partial charge in [0.2, 0.25) is 0 Å². The fourth-order valence-corrected chi connectivity index (χ4v) is 2.04. The first-order valence-corrected chi connectivity index (χ1v) is 6.00. The minimum atomic E-state index is -0.982. The maximum absolute atomic E-state index is 11.2. The SMILES string of the molecule is O=C(O)c1c(Br)cccc1NCc1cccnn1. The molecule has 2 N–H and O–H groups in total. The number of carbonyl (C=O) groups is 1. The molecule has 0 aliphatic rings. The molecular weight excluding hydrogens is 298 g/mol. The van der Waals surface area contributed by atoms with Crippen molar-refractivity contribution in [3.8, 4) is 0 Å². The molecule has 0 radical (unpaired) electrons. The molecule has 2 rings (SSSR count). The Labute approximate surface area is 112 Å². The minimum Gasteiger partial charge on any atom is -0.478 e. The Morgan fingerprint density at radius 2 is 2.17 bits per heavy atom. The summed E-state index contributed by atoms with van der Waals surface area (Å²) in [6, 6.07) is 8.78. The van der Waals surface area contributed by atoms with Gasteiger partial charge in [0.25, 0.3) is 0 Å². The van der Waals surface area contributed by atoms with Crippen LogP contribution in [0.4, 0.5) is 5.69 Å². The summed E-state index contributed by atoms with van der Waals surface area (Å²) in [6.07, 6.45) is 1.59. The first kappa shape index (κ1) is 12.5. The smallest absolute Gasteiger partial charge is 0.338 e. The predicted octanol–water partition coefficient (Wildman–Crippen LogP) is 2.55. The van der Waals surface area contributed by atoms with Gasteiger partial charge >= 0.3 is 5.97 Å². The normalized spacial score (nSPS) is 10.1. The third-order valence-electron chi connectivity index (χ3n) is 2.31. The molecular formula is C12H10BrN3O2. The lowest BCUT2D eigenvalue weighted by Crippen LogP contribution is -2.08. The average Bonchev–Trinajstić information content (AvgIpc) is 2.37. The second kappa shape index (κ2) is 5.59. The van der Waals surface area contributed by atoms with Gasteiger partial charge in [0.15, 0.2) is 0 Å². The van der Waals surface area contributed by atoms with Crippen molar-refractivity contribution in [2.24, 2.45) is 0 Å². The molecule has 0 saturated heterocycles. The van der Waals surface area contributed by atoms with Crippen LogP contribution in [0.15, 0.2) is 41.0 Å². The summed E-state index contributed by atoms with van der Waals surface area (Å²) < 4.78 is 0.541. The molecule has 0 unspecified atom stereocenters. The third-order valence-corrected chi connectivity index (χ3v) is 2.98. The fraction of sp³-hybridized carbons (Fsp3) is 0.0833. The predicted molar refractivity (Wildman–Crippen MR) is 70.5 cm³/mol. The molecule has 0 saturated carbocycles. The lowest BCUT2D eigenvalue weighted by molar-refractivity contribution is 0.0697. The number of nitrogens with one attached hydrogen (secondary N) is 1. The van der Waals surface area contributed by atoms with Gasteiger partial charge < -0.3 is 10.4 Å². The molecule has 0 spiro atoms. The Morgan fingerprint density at radius 1 is 1.33 bits per heavy atom. The molecule has 0 aliphatic carbocycles. The Bertz CT molecular complexity index is 561. The number of aromatic nitrogens is 2. The second-order valence-electron chi connectivity index (χ2n) is 3.54. The van der Waals surface area contributed by atoms with E-state index in [1.807, 2.05) is 6.07 Å². The first-order valence-electron chi connectivity index (χ1n) is 5.20. The topological polar surface area (TPSA) is 75.1 Å². The maximum atomic E-state index is 11.2. The summed E-state index contributed by atoms with van der Waals surface area (Å²) in [4.78, 5) is 11.2.